The van der Waals surface area contributed by atoms with Gasteiger partial charge in [0.05, 0.1) is 24.3 Å². The van der Waals surface area contributed by atoms with Crippen molar-refractivity contribution in [3.63, 3.8) is 0 Å². The minimum atomic E-state index is -0.175. The van der Waals surface area contributed by atoms with E-state index in [-0.39, 0.29) is 30.4 Å². The van der Waals surface area contributed by atoms with E-state index in [1.54, 1.807) is 29.2 Å². The molecule has 2 amide bonds. The Kier molecular flexibility index (Phi) is 8.85. The molecule has 9 rings (SSSR count). The Balaban J connectivity index is 1.15. The van der Waals surface area contributed by atoms with Crippen LogP contribution in [0.1, 0.15) is 50.4 Å². The summed E-state index contributed by atoms with van der Waals surface area (Å²) in [7, 11) is 0. The average molecular weight is 711 g/mol. The van der Waals surface area contributed by atoms with Gasteiger partial charge in [-0.3, -0.25) is 19.4 Å². The summed E-state index contributed by atoms with van der Waals surface area (Å²) < 4.78 is 19.6. The fourth-order valence-electron chi connectivity index (χ4n) is 8.32. The van der Waals surface area contributed by atoms with Crippen molar-refractivity contribution in [2.24, 2.45) is 0 Å². The van der Waals surface area contributed by atoms with E-state index in [0.717, 1.165) is 80.1 Å². The van der Waals surface area contributed by atoms with Gasteiger partial charge in [-0.05, 0) is 91.4 Å². The van der Waals surface area contributed by atoms with Crippen molar-refractivity contribution in [3.05, 3.63) is 125 Å². The number of hydrogen-bond acceptors (Lipinski definition) is 7. The molecule has 0 aliphatic carbocycles. The van der Waals surface area contributed by atoms with Gasteiger partial charge in [-0.15, -0.1) is 0 Å². The van der Waals surface area contributed by atoms with Crippen LogP contribution in [0.4, 0.5) is 11.4 Å². The number of aromatic nitrogens is 1. The number of nitrogens with zero attached hydrogens (tertiary/aromatic N) is 4. The normalized spacial score (nSPS) is 18.0. The average Bonchev–Trinajstić information content (AvgIpc) is 3.83. The van der Waals surface area contributed by atoms with Gasteiger partial charge in [0.25, 0.3) is 11.8 Å². The predicted octanol–water partition coefficient (Wildman–Crippen LogP) is 6.80. The van der Waals surface area contributed by atoms with Gasteiger partial charge in [0.1, 0.15) is 5.75 Å². The van der Waals surface area contributed by atoms with E-state index in [2.05, 4.69) is 27.7 Å². The molecular formula is C43H42N4O6. The van der Waals surface area contributed by atoms with E-state index in [1.807, 2.05) is 59.5 Å². The molecule has 4 aromatic carbocycles. The quantitative estimate of drug-likeness (QED) is 0.199. The summed E-state index contributed by atoms with van der Waals surface area (Å²) in [5.74, 6) is 1.01. The summed E-state index contributed by atoms with van der Waals surface area (Å²) in [5, 5.41) is 10.1. The van der Waals surface area contributed by atoms with E-state index in [0.29, 0.717) is 48.1 Å². The third kappa shape index (κ3) is 6.32. The molecule has 0 spiro atoms. The molecule has 1 aromatic heterocycles. The lowest BCUT2D eigenvalue weighted by Crippen LogP contribution is -2.52. The summed E-state index contributed by atoms with van der Waals surface area (Å²) in [5.41, 5.74) is 7.40. The Bertz CT molecular complexity index is 2160. The van der Waals surface area contributed by atoms with Crippen molar-refractivity contribution < 1.29 is 28.9 Å². The zero-order chi connectivity index (χ0) is 35.9. The monoisotopic (exact) mass is 710 g/mol. The highest BCUT2D eigenvalue weighted by atomic mass is 16.7. The molecule has 10 nitrogen and oxygen atoms in total. The number of phenolic OH excluding ortho intramolecular Hbond substituents is 1. The van der Waals surface area contributed by atoms with Crippen LogP contribution in [0.25, 0.3) is 11.3 Å². The number of carbonyl (C=O) groups excluding carboxylic acids is 2. The highest BCUT2D eigenvalue weighted by Gasteiger charge is 2.36. The zero-order valence-electron chi connectivity index (χ0n) is 29.6. The summed E-state index contributed by atoms with van der Waals surface area (Å²) in [6.45, 7) is 5.14. The van der Waals surface area contributed by atoms with Crippen LogP contribution >= 0.6 is 0 Å². The fraction of sp³-hybridized carbons (Fsp3) is 0.302. The number of amides is 2. The predicted molar refractivity (Wildman–Crippen MR) is 201 cm³/mol. The molecule has 1 N–H and O–H groups in total. The van der Waals surface area contributed by atoms with Crippen LogP contribution in [0.5, 0.6) is 17.2 Å². The van der Waals surface area contributed by atoms with E-state index in [4.69, 9.17) is 14.2 Å². The number of anilines is 2. The van der Waals surface area contributed by atoms with E-state index in [9.17, 15) is 9.90 Å². The molecule has 0 radical (unpaired) electrons. The molecule has 4 aliphatic rings. The molecule has 5 aromatic rings. The topological polar surface area (TPSA) is 96.7 Å². The second kappa shape index (κ2) is 14.1. The molecule has 1 saturated heterocycles. The molecule has 1 fully saturated rings. The Hall–Kier alpha value is -5.58. The Morgan fingerprint density at radius 2 is 1.49 bits per heavy atom. The number of phenols is 1. The van der Waals surface area contributed by atoms with Crippen LogP contribution in [-0.2, 0) is 30.7 Å². The van der Waals surface area contributed by atoms with Crippen LogP contribution in [0.2, 0.25) is 0 Å². The first kappa shape index (κ1) is 33.3. The standard InChI is InChI=1S/C43H42N4O6/c48-34-15-13-32(14-16-34)47(31-10-2-1-3-11-31)43(50)37-23-39(45-17-7-6-12-38(37)45)35-24-40-41(53-28-52-40)25-36(35)42(49)46-26-30-9-5-4-8-29(30)22-33(46)27-44-18-20-51-21-19-44/h1-5,8-11,13-16,23-25,33,48H,6-7,12,17-22,26-28H2/t33-/m1/s1. The molecule has 0 saturated carbocycles. The fourth-order valence-corrected chi connectivity index (χ4v) is 8.32. The number of morpholine rings is 1. The smallest absolute Gasteiger partial charge is 0.264 e. The van der Waals surface area contributed by atoms with Crippen molar-refractivity contribution in [2.45, 2.75) is 44.8 Å². The highest BCUT2D eigenvalue weighted by molar-refractivity contribution is 6.12. The Labute approximate surface area is 308 Å². The van der Waals surface area contributed by atoms with Gasteiger partial charge in [-0.25, -0.2) is 0 Å². The lowest BCUT2D eigenvalue weighted by molar-refractivity contribution is 0.0193. The van der Waals surface area contributed by atoms with E-state index < -0.39 is 0 Å². The molecule has 5 heterocycles. The van der Waals surface area contributed by atoms with E-state index >= 15 is 4.79 Å². The number of carbonyl (C=O) groups is 2. The van der Waals surface area contributed by atoms with E-state index in [1.165, 1.54) is 5.56 Å². The molecule has 53 heavy (non-hydrogen) atoms. The highest BCUT2D eigenvalue weighted by Crippen LogP contribution is 2.43. The van der Waals surface area contributed by atoms with Gasteiger partial charge in [-0.1, -0.05) is 42.5 Å². The lowest BCUT2D eigenvalue weighted by Gasteiger charge is -2.40. The molecule has 270 valence electrons. The Morgan fingerprint density at radius 1 is 0.774 bits per heavy atom. The van der Waals surface area contributed by atoms with Crippen molar-refractivity contribution in [3.8, 4) is 28.5 Å². The molecule has 0 unspecified atom stereocenters. The first-order chi connectivity index (χ1) is 26.0. The van der Waals surface area contributed by atoms with Gasteiger partial charge < -0.3 is 28.8 Å². The number of hydrogen-bond donors (Lipinski definition) is 1. The van der Waals surface area contributed by atoms with Crippen molar-refractivity contribution >= 4 is 23.2 Å². The van der Waals surface area contributed by atoms with Crippen molar-refractivity contribution in [1.82, 2.24) is 14.4 Å². The number of fused-ring (bicyclic) bond motifs is 3. The first-order valence-corrected chi connectivity index (χ1v) is 18.5. The van der Waals surface area contributed by atoms with Crippen LogP contribution in [0.15, 0.2) is 97.1 Å². The third-order valence-corrected chi connectivity index (χ3v) is 11.0. The first-order valence-electron chi connectivity index (χ1n) is 18.5. The van der Waals surface area contributed by atoms with Gasteiger partial charge in [-0.2, -0.15) is 0 Å². The largest absolute Gasteiger partial charge is 0.508 e. The zero-order valence-corrected chi connectivity index (χ0v) is 29.6. The Morgan fingerprint density at radius 3 is 2.28 bits per heavy atom. The van der Waals surface area contributed by atoms with Gasteiger partial charge in [0.15, 0.2) is 11.5 Å². The summed E-state index contributed by atoms with van der Waals surface area (Å²) in [6.07, 6.45) is 3.42. The minimum absolute atomic E-state index is 0.0307. The number of ether oxygens (including phenoxy) is 3. The van der Waals surface area contributed by atoms with Gasteiger partial charge in [0, 0.05) is 67.1 Å². The number of rotatable bonds is 7. The number of para-hydroxylation sites is 1. The minimum Gasteiger partial charge on any atom is -0.508 e. The van der Waals surface area contributed by atoms with Crippen LogP contribution < -0.4 is 14.4 Å². The maximum absolute atomic E-state index is 15.2. The maximum Gasteiger partial charge on any atom is 0.264 e. The van der Waals surface area contributed by atoms with Crippen molar-refractivity contribution in [2.75, 3.05) is 44.5 Å². The second-order valence-corrected chi connectivity index (χ2v) is 14.2. The number of benzene rings is 4. The van der Waals surface area contributed by atoms with Gasteiger partial charge >= 0.3 is 0 Å². The SMILES string of the molecule is O=C(c1cc(-c2cc3c(cc2C(=O)N2Cc4ccccc4C[C@@H]2CN2CCOCC2)OCO3)n2c1CCCC2)N(c1ccccc1)c1ccc(O)cc1. The van der Waals surface area contributed by atoms with Gasteiger partial charge in [0.2, 0.25) is 6.79 Å². The summed E-state index contributed by atoms with van der Waals surface area (Å²) >= 11 is 0. The summed E-state index contributed by atoms with van der Waals surface area (Å²) in [6, 6.07) is 30.4. The van der Waals surface area contributed by atoms with Crippen molar-refractivity contribution in [1.29, 1.82) is 0 Å². The number of aromatic hydroxyl groups is 1. The summed E-state index contributed by atoms with van der Waals surface area (Å²) in [4.78, 5) is 36.1. The molecule has 0 bridgehead atoms. The third-order valence-electron chi connectivity index (χ3n) is 11.0. The molecule has 1 atom stereocenters. The molecule has 10 heteroatoms. The molecule has 4 aliphatic heterocycles. The van der Waals surface area contributed by atoms with Crippen LogP contribution in [-0.4, -0.2) is 77.0 Å². The molecular weight excluding hydrogens is 668 g/mol. The second-order valence-electron chi connectivity index (χ2n) is 14.2. The van der Waals surface area contributed by atoms with Crippen LogP contribution in [0, 0.1) is 0 Å². The lowest BCUT2D eigenvalue weighted by atomic mass is 9.92. The van der Waals surface area contributed by atoms with Crippen LogP contribution in [0.3, 0.4) is 0 Å². The maximum atomic E-state index is 15.2.